The van der Waals surface area contributed by atoms with E-state index in [1.807, 2.05) is 0 Å². The highest BCUT2D eigenvalue weighted by Gasteiger charge is 2.30. The van der Waals surface area contributed by atoms with Gasteiger partial charge in [-0.3, -0.25) is 0 Å². The van der Waals surface area contributed by atoms with Gasteiger partial charge in [0.25, 0.3) is 0 Å². The Morgan fingerprint density at radius 2 is 1.75 bits per heavy atom. The Morgan fingerprint density at radius 3 is 2.30 bits per heavy atom. The topological polar surface area (TPSA) is 99.1 Å². The molecule has 0 aliphatic heterocycles. The quantitative estimate of drug-likeness (QED) is 0.590. The molecule has 1 aromatic heterocycles. The molecule has 20 heavy (non-hydrogen) atoms. The normalized spacial score (nSPS) is 11.2. The number of nitrogens with one attached hydrogen (secondary N) is 1. The third-order valence-electron chi connectivity index (χ3n) is 2.27. The van der Waals surface area contributed by atoms with E-state index in [0.717, 1.165) is 12.1 Å². The summed E-state index contributed by atoms with van der Waals surface area (Å²) in [5.74, 6) is 5.55. The molecule has 5 N–H and O–H groups in total. The molecule has 0 bridgehead atoms. The van der Waals surface area contributed by atoms with Gasteiger partial charge in [-0.2, -0.15) is 23.1 Å². The van der Waals surface area contributed by atoms with Gasteiger partial charge in [-0.1, -0.05) is 0 Å². The van der Waals surface area contributed by atoms with Gasteiger partial charge in [0.1, 0.15) is 11.6 Å². The van der Waals surface area contributed by atoms with Crippen molar-refractivity contribution in [2.45, 2.75) is 6.18 Å². The SMILES string of the molecule is NNc1cc(Oc2ccc(C(F)(F)F)cc2)nc(N)n1. The van der Waals surface area contributed by atoms with Crippen LogP contribution >= 0.6 is 0 Å². The van der Waals surface area contributed by atoms with E-state index >= 15 is 0 Å². The molecule has 0 spiro atoms. The number of halogens is 3. The van der Waals surface area contributed by atoms with Crippen LogP contribution in [0.15, 0.2) is 30.3 Å². The van der Waals surface area contributed by atoms with Gasteiger partial charge < -0.3 is 15.9 Å². The minimum absolute atomic E-state index is 0.0604. The number of rotatable bonds is 3. The molecule has 0 unspecified atom stereocenters. The summed E-state index contributed by atoms with van der Waals surface area (Å²) in [5.41, 5.74) is 6.92. The Bertz CT molecular complexity index is 600. The molecule has 2 aromatic rings. The fourth-order valence-corrected chi connectivity index (χ4v) is 1.40. The molecule has 0 aliphatic rings. The van der Waals surface area contributed by atoms with Gasteiger partial charge in [0.15, 0.2) is 0 Å². The minimum atomic E-state index is -4.39. The highest BCUT2D eigenvalue weighted by molar-refractivity contribution is 5.43. The van der Waals surface area contributed by atoms with Gasteiger partial charge in [0.05, 0.1) is 5.56 Å². The zero-order valence-corrected chi connectivity index (χ0v) is 9.98. The summed E-state index contributed by atoms with van der Waals surface area (Å²) in [4.78, 5) is 7.52. The second-order valence-electron chi connectivity index (χ2n) is 3.72. The molecular weight excluding hydrogens is 275 g/mol. The number of nitrogens with zero attached hydrogens (tertiary/aromatic N) is 2. The Hall–Kier alpha value is -2.55. The van der Waals surface area contributed by atoms with E-state index in [1.54, 1.807) is 0 Å². The monoisotopic (exact) mass is 285 g/mol. The second-order valence-corrected chi connectivity index (χ2v) is 3.72. The first-order valence-corrected chi connectivity index (χ1v) is 5.35. The second kappa shape index (κ2) is 5.21. The smallest absolute Gasteiger partial charge is 0.416 e. The van der Waals surface area contributed by atoms with Crippen LogP contribution in [0.1, 0.15) is 5.56 Å². The third kappa shape index (κ3) is 3.26. The molecule has 9 heteroatoms. The molecule has 0 aliphatic carbocycles. The number of alkyl halides is 3. The maximum atomic E-state index is 12.4. The van der Waals surface area contributed by atoms with Crippen LogP contribution in [0.2, 0.25) is 0 Å². The fraction of sp³-hybridized carbons (Fsp3) is 0.0909. The molecule has 0 amide bonds. The van der Waals surface area contributed by atoms with E-state index in [9.17, 15) is 13.2 Å². The molecule has 1 aromatic carbocycles. The lowest BCUT2D eigenvalue weighted by atomic mass is 10.2. The van der Waals surface area contributed by atoms with Crippen LogP contribution in [0, 0.1) is 0 Å². The number of hydrogen-bond donors (Lipinski definition) is 3. The summed E-state index contributed by atoms with van der Waals surface area (Å²) in [5, 5.41) is 0. The van der Waals surface area contributed by atoms with Crippen LogP contribution in [0.4, 0.5) is 24.9 Å². The molecular formula is C11H10F3N5O. The van der Waals surface area contributed by atoms with Crippen molar-refractivity contribution in [3.63, 3.8) is 0 Å². The molecule has 0 saturated carbocycles. The maximum absolute atomic E-state index is 12.4. The molecule has 0 fully saturated rings. The summed E-state index contributed by atoms with van der Waals surface area (Å²) in [6, 6.07) is 5.52. The predicted octanol–water partition coefficient (Wildman–Crippen LogP) is 2.16. The maximum Gasteiger partial charge on any atom is 0.416 e. The molecule has 0 saturated heterocycles. The van der Waals surface area contributed by atoms with E-state index in [-0.39, 0.29) is 23.4 Å². The van der Waals surface area contributed by atoms with Crippen LogP contribution in [0.5, 0.6) is 11.6 Å². The van der Waals surface area contributed by atoms with Crippen molar-refractivity contribution in [1.82, 2.24) is 9.97 Å². The first kappa shape index (κ1) is 13.9. The van der Waals surface area contributed by atoms with E-state index in [4.69, 9.17) is 16.3 Å². The molecule has 106 valence electrons. The first-order chi connectivity index (χ1) is 9.38. The number of anilines is 2. The number of nitrogens with two attached hydrogens (primary N) is 2. The Morgan fingerprint density at radius 1 is 1.10 bits per heavy atom. The van der Waals surface area contributed by atoms with Crippen LogP contribution in [0.25, 0.3) is 0 Å². The number of nitrogen functional groups attached to an aromatic ring is 2. The minimum Gasteiger partial charge on any atom is -0.439 e. The lowest BCUT2D eigenvalue weighted by Crippen LogP contribution is -2.10. The first-order valence-electron chi connectivity index (χ1n) is 5.35. The van der Waals surface area contributed by atoms with E-state index in [2.05, 4.69) is 15.4 Å². The number of ether oxygens (including phenoxy) is 1. The summed E-state index contributed by atoms with van der Waals surface area (Å²) in [7, 11) is 0. The molecule has 1 heterocycles. The van der Waals surface area contributed by atoms with E-state index < -0.39 is 11.7 Å². The Labute approximate surface area is 111 Å². The van der Waals surface area contributed by atoms with Crippen molar-refractivity contribution in [2.24, 2.45) is 5.84 Å². The lowest BCUT2D eigenvalue weighted by molar-refractivity contribution is -0.137. The van der Waals surface area contributed by atoms with Crippen LogP contribution < -0.4 is 21.7 Å². The number of aromatic nitrogens is 2. The van der Waals surface area contributed by atoms with Crippen LogP contribution in [-0.2, 0) is 6.18 Å². The average Bonchev–Trinajstić information content (AvgIpc) is 2.37. The number of hydrazine groups is 1. The van der Waals surface area contributed by atoms with Gasteiger partial charge in [-0.25, -0.2) is 5.84 Å². The number of benzene rings is 1. The zero-order chi connectivity index (χ0) is 14.8. The van der Waals surface area contributed by atoms with Gasteiger partial charge >= 0.3 is 6.18 Å². The van der Waals surface area contributed by atoms with Crippen molar-refractivity contribution in [1.29, 1.82) is 0 Å². The van der Waals surface area contributed by atoms with Gasteiger partial charge in [0, 0.05) is 6.07 Å². The van der Waals surface area contributed by atoms with Crippen molar-refractivity contribution >= 4 is 11.8 Å². The Balaban J connectivity index is 2.20. The summed E-state index contributed by atoms with van der Waals surface area (Å²) in [6.45, 7) is 0. The van der Waals surface area contributed by atoms with Gasteiger partial charge in [0.2, 0.25) is 11.8 Å². The summed E-state index contributed by atoms with van der Waals surface area (Å²) < 4.78 is 42.5. The highest BCUT2D eigenvalue weighted by Crippen LogP contribution is 2.31. The number of hydrogen-bond acceptors (Lipinski definition) is 6. The van der Waals surface area contributed by atoms with Crippen LogP contribution in [-0.4, -0.2) is 9.97 Å². The van der Waals surface area contributed by atoms with Gasteiger partial charge in [-0.15, -0.1) is 0 Å². The van der Waals surface area contributed by atoms with E-state index in [1.165, 1.54) is 18.2 Å². The third-order valence-corrected chi connectivity index (χ3v) is 2.27. The standard InChI is InChI=1S/C11H10F3N5O/c12-11(13,14)6-1-3-7(4-2-6)20-9-5-8(19-16)17-10(15)18-9/h1-5H,16H2,(H3,15,17,18,19). The lowest BCUT2D eigenvalue weighted by Gasteiger charge is -2.09. The van der Waals surface area contributed by atoms with E-state index in [0.29, 0.717) is 0 Å². The van der Waals surface area contributed by atoms with Crippen molar-refractivity contribution in [2.75, 3.05) is 11.2 Å². The van der Waals surface area contributed by atoms with Crippen molar-refractivity contribution in [3.8, 4) is 11.6 Å². The largest absolute Gasteiger partial charge is 0.439 e. The molecule has 0 radical (unpaired) electrons. The van der Waals surface area contributed by atoms with Gasteiger partial charge in [-0.05, 0) is 24.3 Å². The fourth-order valence-electron chi connectivity index (χ4n) is 1.40. The van der Waals surface area contributed by atoms with Crippen molar-refractivity contribution < 1.29 is 17.9 Å². The molecule has 2 rings (SSSR count). The Kier molecular flexibility index (Phi) is 3.61. The molecule has 0 atom stereocenters. The summed E-state index contributed by atoms with van der Waals surface area (Å²) >= 11 is 0. The molecule has 6 nitrogen and oxygen atoms in total. The predicted molar refractivity (Wildman–Crippen MR) is 65.8 cm³/mol. The highest BCUT2D eigenvalue weighted by atomic mass is 19.4. The zero-order valence-electron chi connectivity index (χ0n) is 9.98. The summed E-state index contributed by atoms with van der Waals surface area (Å²) in [6.07, 6.45) is -4.39. The van der Waals surface area contributed by atoms with Crippen molar-refractivity contribution in [3.05, 3.63) is 35.9 Å². The average molecular weight is 285 g/mol. The van der Waals surface area contributed by atoms with Crippen LogP contribution in [0.3, 0.4) is 0 Å².